The molecule has 2 aromatic carbocycles. The number of hydrogen-bond donors (Lipinski definition) is 1. The second-order valence-electron chi connectivity index (χ2n) is 5.26. The summed E-state index contributed by atoms with van der Waals surface area (Å²) in [5.74, 6) is 0.866. The average Bonchev–Trinajstić information content (AvgIpc) is 3.15. The van der Waals surface area contributed by atoms with Crippen LogP contribution in [-0.4, -0.2) is 31.9 Å². The van der Waals surface area contributed by atoms with Gasteiger partial charge in [-0.3, -0.25) is 4.79 Å². The van der Waals surface area contributed by atoms with E-state index in [9.17, 15) is 4.79 Å². The van der Waals surface area contributed by atoms with Gasteiger partial charge >= 0.3 is 0 Å². The highest BCUT2D eigenvalue weighted by molar-refractivity contribution is 7.99. The van der Waals surface area contributed by atoms with Gasteiger partial charge in [0.25, 0.3) is 0 Å². The third-order valence-corrected chi connectivity index (χ3v) is 4.72. The summed E-state index contributed by atoms with van der Waals surface area (Å²) in [6.07, 6.45) is 2.77. The largest absolute Gasteiger partial charge is 0.326 e. The molecule has 25 heavy (non-hydrogen) atoms. The fourth-order valence-electron chi connectivity index (χ4n) is 2.18. The van der Waals surface area contributed by atoms with E-state index < -0.39 is 0 Å². The Balaban J connectivity index is 1.45. The van der Waals surface area contributed by atoms with Gasteiger partial charge in [0.15, 0.2) is 0 Å². The molecule has 8 heteroatoms. The van der Waals surface area contributed by atoms with Crippen LogP contribution in [0.5, 0.6) is 0 Å². The first-order valence-corrected chi connectivity index (χ1v) is 9.09. The number of aromatic nitrogens is 4. The molecule has 3 rings (SSSR count). The van der Waals surface area contributed by atoms with Gasteiger partial charge in [0.2, 0.25) is 5.91 Å². The molecule has 0 aliphatic carbocycles. The molecule has 0 spiro atoms. The fourth-order valence-corrected chi connectivity index (χ4v) is 3.16. The molecular formula is C17H16ClN5OS. The predicted molar refractivity (Wildman–Crippen MR) is 99.2 cm³/mol. The Kier molecular flexibility index (Phi) is 6.03. The monoisotopic (exact) mass is 373 g/mol. The van der Waals surface area contributed by atoms with Gasteiger partial charge in [0.05, 0.1) is 5.69 Å². The van der Waals surface area contributed by atoms with Crippen LogP contribution in [0.15, 0.2) is 59.8 Å². The molecule has 0 unspecified atom stereocenters. The van der Waals surface area contributed by atoms with Gasteiger partial charge in [0, 0.05) is 22.0 Å². The molecule has 0 aliphatic heterocycles. The van der Waals surface area contributed by atoms with Crippen molar-refractivity contribution in [3.63, 3.8) is 0 Å². The van der Waals surface area contributed by atoms with Crippen LogP contribution in [0.4, 0.5) is 5.69 Å². The van der Waals surface area contributed by atoms with Crippen molar-refractivity contribution in [1.29, 1.82) is 0 Å². The minimum atomic E-state index is -0.00873. The van der Waals surface area contributed by atoms with E-state index in [1.54, 1.807) is 16.4 Å². The average molecular weight is 374 g/mol. The standard InChI is InChI=1S/C17H16ClN5OS/c18-13-6-8-16(9-7-13)25-10-2-5-17(24)20-14-3-1-4-15(11-14)23-12-19-21-22-23/h1,3-4,6-9,11-12H,2,5,10H2,(H,20,24). The second-order valence-corrected chi connectivity index (χ2v) is 6.86. The van der Waals surface area contributed by atoms with Gasteiger partial charge in [-0.2, -0.15) is 0 Å². The zero-order chi connectivity index (χ0) is 17.5. The van der Waals surface area contributed by atoms with Gasteiger partial charge in [-0.15, -0.1) is 16.9 Å². The molecule has 1 heterocycles. The van der Waals surface area contributed by atoms with E-state index in [1.807, 2.05) is 48.5 Å². The Labute approximate surface area is 154 Å². The third kappa shape index (κ3) is 5.30. The number of halogens is 1. The summed E-state index contributed by atoms with van der Waals surface area (Å²) >= 11 is 7.57. The molecule has 1 aromatic heterocycles. The summed E-state index contributed by atoms with van der Waals surface area (Å²) in [6.45, 7) is 0. The lowest BCUT2D eigenvalue weighted by Gasteiger charge is -2.07. The Bertz CT molecular complexity index is 823. The van der Waals surface area contributed by atoms with Crippen molar-refractivity contribution in [2.24, 2.45) is 0 Å². The Morgan fingerprint density at radius 3 is 2.80 bits per heavy atom. The van der Waals surface area contributed by atoms with Crippen LogP contribution in [0.2, 0.25) is 5.02 Å². The van der Waals surface area contributed by atoms with E-state index in [2.05, 4.69) is 20.8 Å². The number of thioether (sulfide) groups is 1. The zero-order valence-corrected chi connectivity index (χ0v) is 14.9. The van der Waals surface area contributed by atoms with Crippen LogP contribution in [0.3, 0.4) is 0 Å². The fraction of sp³-hybridized carbons (Fsp3) is 0.176. The SMILES string of the molecule is O=C(CCCSc1ccc(Cl)cc1)Nc1cccc(-n2cnnn2)c1. The maximum absolute atomic E-state index is 12.1. The number of amides is 1. The second kappa shape index (κ2) is 8.64. The van der Waals surface area contributed by atoms with Crippen LogP contribution in [0.1, 0.15) is 12.8 Å². The molecule has 0 atom stereocenters. The molecule has 0 saturated heterocycles. The van der Waals surface area contributed by atoms with Crippen molar-refractivity contribution in [2.45, 2.75) is 17.7 Å². The highest BCUT2D eigenvalue weighted by Crippen LogP contribution is 2.21. The number of benzene rings is 2. The zero-order valence-electron chi connectivity index (χ0n) is 13.3. The lowest BCUT2D eigenvalue weighted by atomic mass is 10.2. The van der Waals surface area contributed by atoms with Crippen LogP contribution >= 0.6 is 23.4 Å². The molecule has 0 fully saturated rings. The van der Waals surface area contributed by atoms with Crippen LogP contribution in [0, 0.1) is 0 Å². The molecule has 3 aromatic rings. The van der Waals surface area contributed by atoms with E-state index in [1.165, 1.54) is 6.33 Å². The molecule has 0 bridgehead atoms. The molecule has 0 radical (unpaired) electrons. The van der Waals surface area contributed by atoms with Crippen molar-refractivity contribution < 1.29 is 4.79 Å². The number of nitrogens with one attached hydrogen (secondary N) is 1. The number of nitrogens with zero attached hydrogens (tertiary/aromatic N) is 4. The minimum absolute atomic E-state index is 0.00873. The highest BCUT2D eigenvalue weighted by Gasteiger charge is 2.05. The topological polar surface area (TPSA) is 72.7 Å². The van der Waals surface area contributed by atoms with E-state index in [0.717, 1.165) is 33.5 Å². The molecule has 128 valence electrons. The highest BCUT2D eigenvalue weighted by atomic mass is 35.5. The number of rotatable bonds is 7. The lowest BCUT2D eigenvalue weighted by molar-refractivity contribution is -0.116. The number of carbonyl (C=O) groups excluding carboxylic acids is 1. The summed E-state index contributed by atoms with van der Waals surface area (Å²) in [7, 11) is 0. The quantitative estimate of drug-likeness (QED) is 0.503. The summed E-state index contributed by atoms with van der Waals surface area (Å²) in [5, 5.41) is 14.7. The normalized spacial score (nSPS) is 10.6. The van der Waals surface area contributed by atoms with Crippen molar-refractivity contribution in [3.05, 3.63) is 59.9 Å². The first-order valence-electron chi connectivity index (χ1n) is 7.72. The Morgan fingerprint density at radius 1 is 1.20 bits per heavy atom. The number of tetrazole rings is 1. The summed E-state index contributed by atoms with van der Waals surface area (Å²) in [4.78, 5) is 13.2. The molecule has 1 amide bonds. The van der Waals surface area contributed by atoms with Crippen LogP contribution in [0.25, 0.3) is 5.69 Å². The Morgan fingerprint density at radius 2 is 2.04 bits per heavy atom. The maximum atomic E-state index is 12.1. The molecule has 0 aliphatic rings. The number of anilines is 1. The van der Waals surface area contributed by atoms with E-state index in [0.29, 0.717) is 6.42 Å². The van der Waals surface area contributed by atoms with Crippen LogP contribution in [-0.2, 0) is 4.79 Å². The van der Waals surface area contributed by atoms with E-state index in [4.69, 9.17) is 11.6 Å². The van der Waals surface area contributed by atoms with Crippen LogP contribution < -0.4 is 5.32 Å². The van der Waals surface area contributed by atoms with E-state index >= 15 is 0 Å². The molecule has 6 nitrogen and oxygen atoms in total. The van der Waals surface area contributed by atoms with Crippen molar-refractivity contribution in [2.75, 3.05) is 11.1 Å². The molecule has 0 saturated carbocycles. The summed E-state index contributed by atoms with van der Waals surface area (Å²) in [5.41, 5.74) is 1.52. The van der Waals surface area contributed by atoms with Gasteiger partial charge in [-0.05, 0) is 65.1 Å². The maximum Gasteiger partial charge on any atom is 0.224 e. The predicted octanol–water partition coefficient (Wildman–Crippen LogP) is 3.83. The first kappa shape index (κ1) is 17.4. The van der Waals surface area contributed by atoms with Gasteiger partial charge in [-0.25, -0.2) is 4.68 Å². The Hall–Kier alpha value is -2.38. The first-order chi connectivity index (χ1) is 12.2. The smallest absolute Gasteiger partial charge is 0.224 e. The lowest BCUT2D eigenvalue weighted by Crippen LogP contribution is -2.11. The summed E-state index contributed by atoms with van der Waals surface area (Å²) < 4.78 is 1.54. The van der Waals surface area contributed by atoms with Gasteiger partial charge < -0.3 is 5.32 Å². The minimum Gasteiger partial charge on any atom is -0.326 e. The summed E-state index contributed by atoms with van der Waals surface area (Å²) in [6, 6.07) is 15.1. The molecule has 1 N–H and O–H groups in total. The van der Waals surface area contributed by atoms with Crippen molar-refractivity contribution in [1.82, 2.24) is 20.2 Å². The third-order valence-electron chi connectivity index (χ3n) is 3.37. The van der Waals surface area contributed by atoms with Gasteiger partial charge in [-0.1, -0.05) is 17.7 Å². The van der Waals surface area contributed by atoms with Gasteiger partial charge in [0.1, 0.15) is 6.33 Å². The van der Waals surface area contributed by atoms with Crippen molar-refractivity contribution in [3.8, 4) is 5.69 Å². The number of hydrogen-bond acceptors (Lipinski definition) is 5. The molecular weight excluding hydrogens is 358 g/mol. The van der Waals surface area contributed by atoms with Crippen molar-refractivity contribution >= 4 is 35.0 Å². The van der Waals surface area contributed by atoms with E-state index in [-0.39, 0.29) is 5.91 Å². The number of carbonyl (C=O) groups is 1.